The summed E-state index contributed by atoms with van der Waals surface area (Å²) in [7, 11) is 0. The Hall–Kier alpha value is -2.41. The molecule has 1 atom stereocenters. The molecule has 0 aliphatic carbocycles. The number of nitrogens with one attached hydrogen (secondary N) is 2. The average Bonchev–Trinajstić information content (AvgIpc) is 3.19. The predicted octanol–water partition coefficient (Wildman–Crippen LogP) is 2.31. The molecule has 0 bridgehead atoms. The third-order valence-corrected chi connectivity index (χ3v) is 3.47. The molecule has 1 aromatic heterocycles. The zero-order chi connectivity index (χ0) is 15.4. The molecule has 116 valence electrons. The quantitative estimate of drug-likeness (QED) is 0.911. The second kappa shape index (κ2) is 6.57. The summed E-state index contributed by atoms with van der Waals surface area (Å²) in [6, 6.07) is 5.52. The van der Waals surface area contributed by atoms with Gasteiger partial charge in [-0.15, -0.1) is 0 Å². The minimum atomic E-state index is -0.426. The second-order valence-corrected chi connectivity index (χ2v) is 5.08. The van der Waals surface area contributed by atoms with Crippen molar-refractivity contribution in [2.24, 2.45) is 0 Å². The van der Waals surface area contributed by atoms with Gasteiger partial charge in [0.1, 0.15) is 5.82 Å². The van der Waals surface area contributed by atoms with E-state index in [0.29, 0.717) is 17.9 Å². The molecule has 1 aliphatic rings. The van der Waals surface area contributed by atoms with Gasteiger partial charge in [0, 0.05) is 25.5 Å². The lowest BCUT2D eigenvalue weighted by Crippen LogP contribution is -2.35. The number of hydrogen-bond acceptors (Lipinski definition) is 3. The largest absolute Gasteiger partial charge is 0.376 e. The number of urea groups is 1. The summed E-state index contributed by atoms with van der Waals surface area (Å²) >= 11 is 0. The van der Waals surface area contributed by atoms with Crippen LogP contribution < -0.4 is 10.6 Å². The molecule has 0 spiro atoms. The summed E-state index contributed by atoms with van der Waals surface area (Å²) in [6.45, 7) is 1.18. The standard InChI is InChI=1S/C15H17FN4O2/c16-11-4-5-14(20-7-2-6-18-20)13(9-11)19-15(21)17-10-12-3-1-8-22-12/h2,4-7,9,12H,1,3,8,10H2,(H2,17,19,21)/t12-/m0/s1. The maximum absolute atomic E-state index is 13.4. The van der Waals surface area contributed by atoms with Gasteiger partial charge in [-0.1, -0.05) is 0 Å². The number of benzene rings is 1. The van der Waals surface area contributed by atoms with Crippen LogP contribution in [0.5, 0.6) is 0 Å². The van der Waals surface area contributed by atoms with Crippen LogP contribution in [0.4, 0.5) is 14.9 Å². The molecule has 0 radical (unpaired) electrons. The lowest BCUT2D eigenvalue weighted by Gasteiger charge is -2.14. The number of hydrogen-bond donors (Lipinski definition) is 2. The van der Waals surface area contributed by atoms with E-state index in [2.05, 4.69) is 15.7 Å². The van der Waals surface area contributed by atoms with Crippen molar-refractivity contribution in [2.45, 2.75) is 18.9 Å². The van der Waals surface area contributed by atoms with Gasteiger partial charge in [-0.2, -0.15) is 5.10 Å². The second-order valence-electron chi connectivity index (χ2n) is 5.08. The molecule has 22 heavy (non-hydrogen) atoms. The fourth-order valence-corrected chi connectivity index (χ4v) is 2.40. The van der Waals surface area contributed by atoms with Gasteiger partial charge in [0.05, 0.1) is 17.5 Å². The summed E-state index contributed by atoms with van der Waals surface area (Å²) in [5, 5.41) is 9.49. The van der Waals surface area contributed by atoms with Crippen LogP contribution in [0.15, 0.2) is 36.7 Å². The molecular weight excluding hydrogens is 287 g/mol. The highest BCUT2D eigenvalue weighted by atomic mass is 19.1. The van der Waals surface area contributed by atoms with Gasteiger partial charge in [0.25, 0.3) is 0 Å². The van der Waals surface area contributed by atoms with E-state index >= 15 is 0 Å². The first-order valence-corrected chi connectivity index (χ1v) is 7.18. The van der Waals surface area contributed by atoms with Crippen molar-refractivity contribution in [1.82, 2.24) is 15.1 Å². The van der Waals surface area contributed by atoms with E-state index in [1.54, 1.807) is 29.2 Å². The Morgan fingerprint density at radius 1 is 1.50 bits per heavy atom. The van der Waals surface area contributed by atoms with Gasteiger partial charge < -0.3 is 15.4 Å². The van der Waals surface area contributed by atoms with E-state index in [-0.39, 0.29) is 6.10 Å². The third-order valence-electron chi connectivity index (χ3n) is 3.47. The number of carbonyl (C=O) groups is 1. The highest BCUT2D eigenvalue weighted by Crippen LogP contribution is 2.21. The fourth-order valence-electron chi connectivity index (χ4n) is 2.40. The summed E-state index contributed by atoms with van der Waals surface area (Å²) in [6.07, 6.45) is 5.36. The minimum absolute atomic E-state index is 0.0591. The number of ether oxygens (including phenoxy) is 1. The highest BCUT2D eigenvalue weighted by Gasteiger charge is 2.17. The normalized spacial score (nSPS) is 17.4. The molecule has 7 heteroatoms. The number of amides is 2. The first-order chi connectivity index (χ1) is 10.7. The summed E-state index contributed by atoms with van der Waals surface area (Å²) in [4.78, 5) is 12.0. The predicted molar refractivity (Wildman–Crippen MR) is 79.5 cm³/mol. The Labute approximate surface area is 127 Å². The van der Waals surface area contributed by atoms with Crippen LogP contribution in [0.2, 0.25) is 0 Å². The summed E-state index contributed by atoms with van der Waals surface area (Å²) in [5.41, 5.74) is 0.951. The Balaban J connectivity index is 1.68. The van der Waals surface area contributed by atoms with E-state index < -0.39 is 11.8 Å². The molecule has 3 rings (SSSR count). The smallest absolute Gasteiger partial charge is 0.319 e. The SMILES string of the molecule is O=C(NC[C@@H]1CCCO1)Nc1cc(F)ccc1-n1cccn1. The molecule has 2 aromatic rings. The molecule has 6 nitrogen and oxygen atoms in total. The van der Waals surface area contributed by atoms with Crippen LogP contribution in [0, 0.1) is 5.82 Å². The monoisotopic (exact) mass is 304 g/mol. The third kappa shape index (κ3) is 3.43. The van der Waals surface area contributed by atoms with Crippen molar-refractivity contribution in [3.05, 3.63) is 42.5 Å². The van der Waals surface area contributed by atoms with Crippen LogP contribution in [0.3, 0.4) is 0 Å². The van der Waals surface area contributed by atoms with Crippen molar-refractivity contribution in [2.75, 3.05) is 18.5 Å². The van der Waals surface area contributed by atoms with Gasteiger partial charge in [-0.25, -0.2) is 13.9 Å². The van der Waals surface area contributed by atoms with Gasteiger partial charge in [-0.05, 0) is 37.1 Å². The molecule has 0 saturated carbocycles. The Morgan fingerprint density at radius 3 is 3.14 bits per heavy atom. The van der Waals surface area contributed by atoms with Gasteiger partial charge in [-0.3, -0.25) is 0 Å². The number of halogens is 1. The maximum atomic E-state index is 13.4. The van der Waals surface area contributed by atoms with Crippen molar-refractivity contribution in [3.8, 4) is 5.69 Å². The first-order valence-electron chi connectivity index (χ1n) is 7.18. The Bertz CT molecular complexity index is 639. The van der Waals surface area contributed by atoms with Crippen molar-refractivity contribution in [1.29, 1.82) is 0 Å². The molecule has 2 amide bonds. The molecule has 1 aromatic carbocycles. The molecule has 1 saturated heterocycles. The number of rotatable bonds is 4. The number of carbonyl (C=O) groups excluding carboxylic acids is 1. The van der Waals surface area contributed by atoms with Gasteiger partial charge in [0.15, 0.2) is 0 Å². The van der Waals surface area contributed by atoms with Crippen LogP contribution in [-0.4, -0.2) is 35.1 Å². The van der Waals surface area contributed by atoms with Crippen LogP contribution >= 0.6 is 0 Å². The van der Waals surface area contributed by atoms with Crippen LogP contribution in [-0.2, 0) is 4.74 Å². The zero-order valence-corrected chi connectivity index (χ0v) is 12.0. The molecule has 0 unspecified atom stereocenters. The fraction of sp³-hybridized carbons (Fsp3) is 0.333. The first kappa shape index (κ1) is 14.5. The van der Waals surface area contributed by atoms with E-state index in [4.69, 9.17) is 4.74 Å². The lowest BCUT2D eigenvalue weighted by atomic mass is 10.2. The van der Waals surface area contributed by atoms with E-state index in [9.17, 15) is 9.18 Å². The van der Waals surface area contributed by atoms with Crippen LogP contribution in [0.25, 0.3) is 5.69 Å². The number of anilines is 1. The zero-order valence-electron chi connectivity index (χ0n) is 12.0. The van der Waals surface area contributed by atoms with E-state index in [1.165, 1.54) is 12.1 Å². The highest BCUT2D eigenvalue weighted by molar-refractivity contribution is 5.91. The van der Waals surface area contributed by atoms with E-state index in [0.717, 1.165) is 19.4 Å². The Kier molecular flexibility index (Phi) is 4.34. The van der Waals surface area contributed by atoms with Gasteiger partial charge in [0.2, 0.25) is 0 Å². The molecule has 2 N–H and O–H groups in total. The minimum Gasteiger partial charge on any atom is -0.376 e. The molecule has 1 fully saturated rings. The topological polar surface area (TPSA) is 68.2 Å². The van der Waals surface area contributed by atoms with E-state index in [1.807, 2.05) is 0 Å². The average molecular weight is 304 g/mol. The number of aromatic nitrogens is 2. The van der Waals surface area contributed by atoms with Crippen molar-refractivity contribution in [3.63, 3.8) is 0 Å². The number of nitrogens with zero attached hydrogens (tertiary/aromatic N) is 2. The van der Waals surface area contributed by atoms with Crippen LogP contribution in [0.1, 0.15) is 12.8 Å². The van der Waals surface area contributed by atoms with Gasteiger partial charge >= 0.3 is 6.03 Å². The summed E-state index contributed by atoms with van der Waals surface area (Å²) < 4.78 is 20.5. The molecule has 1 aliphatic heterocycles. The van der Waals surface area contributed by atoms with Crippen molar-refractivity contribution < 1.29 is 13.9 Å². The maximum Gasteiger partial charge on any atom is 0.319 e. The lowest BCUT2D eigenvalue weighted by molar-refractivity contribution is 0.112. The Morgan fingerprint density at radius 2 is 2.41 bits per heavy atom. The molecule has 2 heterocycles. The van der Waals surface area contributed by atoms with Crippen molar-refractivity contribution >= 4 is 11.7 Å². The summed E-state index contributed by atoms with van der Waals surface area (Å²) in [5.74, 6) is -0.426. The molecular formula is C15H17FN4O2.